The predicted octanol–water partition coefficient (Wildman–Crippen LogP) is 4.06. The molecule has 1 aliphatic rings. The molecule has 1 aliphatic carbocycles. The average Bonchev–Trinajstić information content (AvgIpc) is 2.83. The van der Waals surface area contributed by atoms with E-state index in [-0.39, 0.29) is 5.91 Å². The second-order valence-corrected chi connectivity index (χ2v) is 6.65. The summed E-state index contributed by atoms with van der Waals surface area (Å²) in [6, 6.07) is 7.49. The van der Waals surface area contributed by atoms with Crippen molar-refractivity contribution < 1.29 is 4.79 Å². The first-order valence-corrected chi connectivity index (χ1v) is 8.60. The molecule has 0 radical (unpaired) electrons. The van der Waals surface area contributed by atoms with Crippen molar-refractivity contribution in [3.8, 4) is 0 Å². The van der Waals surface area contributed by atoms with Crippen LogP contribution < -0.4 is 5.49 Å². The molecule has 3 rings (SSSR count). The van der Waals surface area contributed by atoms with Crippen LogP contribution >= 0.6 is 23.2 Å². The zero-order chi connectivity index (χ0) is 16.4. The molecule has 1 saturated carbocycles. The summed E-state index contributed by atoms with van der Waals surface area (Å²) in [6.07, 6.45) is 7.60. The minimum absolute atomic E-state index is 0.184. The molecule has 23 heavy (non-hydrogen) atoms. The number of aromatic nitrogens is 2. The summed E-state index contributed by atoms with van der Waals surface area (Å²) < 4.78 is 3.16. The van der Waals surface area contributed by atoms with Gasteiger partial charge in [-0.1, -0.05) is 48.5 Å². The van der Waals surface area contributed by atoms with Crippen molar-refractivity contribution in [1.29, 1.82) is 0 Å². The number of nitrogens with zero attached hydrogens (tertiary/aromatic N) is 3. The van der Waals surface area contributed by atoms with E-state index in [0.717, 1.165) is 12.8 Å². The summed E-state index contributed by atoms with van der Waals surface area (Å²) in [6.45, 7) is 0. The zero-order valence-electron chi connectivity index (χ0n) is 13.0. The topological polar surface area (TPSA) is 39.3 Å². The first kappa shape index (κ1) is 16.3. The third kappa shape index (κ3) is 3.38. The first-order chi connectivity index (χ1) is 11.1. The lowest BCUT2D eigenvalue weighted by Gasteiger charge is -2.17. The third-order valence-corrected chi connectivity index (χ3v) is 5.12. The summed E-state index contributed by atoms with van der Waals surface area (Å²) in [5.74, 6) is -0.184. The van der Waals surface area contributed by atoms with Crippen LogP contribution in [0.25, 0.3) is 0 Å². The van der Waals surface area contributed by atoms with Gasteiger partial charge in [0, 0.05) is 13.2 Å². The molecule has 0 unspecified atom stereocenters. The number of carbonyl (C=O) groups excluding carboxylic acids is 1. The number of halogens is 2. The van der Waals surface area contributed by atoms with Crippen LogP contribution in [0.15, 0.2) is 35.5 Å². The number of carbonyl (C=O) groups is 1. The Balaban J connectivity index is 2.01. The van der Waals surface area contributed by atoms with Gasteiger partial charge < -0.3 is 4.57 Å². The molecular weight excluding hydrogens is 333 g/mol. The highest BCUT2D eigenvalue weighted by molar-refractivity contribution is 6.41. The van der Waals surface area contributed by atoms with E-state index in [1.54, 1.807) is 28.4 Å². The molecule has 122 valence electrons. The van der Waals surface area contributed by atoms with Crippen LogP contribution in [0.2, 0.25) is 10.2 Å². The normalized spacial score (nSPS) is 16.7. The molecule has 2 heterocycles. The van der Waals surface area contributed by atoms with E-state index in [4.69, 9.17) is 28.2 Å². The molecule has 0 aliphatic heterocycles. The maximum absolute atomic E-state index is 12.9. The summed E-state index contributed by atoms with van der Waals surface area (Å²) in [5, 5.41) is 0.733. The molecule has 2 aromatic rings. The molecule has 4 nitrogen and oxygen atoms in total. The second-order valence-electron chi connectivity index (χ2n) is 5.88. The summed E-state index contributed by atoms with van der Waals surface area (Å²) >= 11 is 12.1. The van der Waals surface area contributed by atoms with Crippen LogP contribution in [0.4, 0.5) is 0 Å². The van der Waals surface area contributed by atoms with Crippen molar-refractivity contribution in [2.75, 3.05) is 0 Å². The summed E-state index contributed by atoms with van der Waals surface area (Å²) in [7, 11) is 1.73. The maximum atomic E-state index is 12.9. The number of hydrogen-bond donors (Lipinski definition) is 0. The quantitative estimate of drug-likeness (QED) is 0.804. The van der Waals surface area contributed by atoms with Crippen LogP contribution in [0.1, 0.15) is 42.6 Å². The van der Waals surface area contributed by atoms with Crippen LogP contribution in [-0.4, -0.2) is 21.1 Å². The highest BCUT2D eigenvalue weighted by Gasteiger charge is 2.18. The van der Waals surface area contributed by atoms with E-state index < -0.39 is 0 Å². The second kappa shape index (κ2) is 6.93. The van der Waals surface area contributed by atoms with E-state index in [2.05, 4.69) is 0 Å². The van der Waals surface area contributed by atoms with Crippen molar-refractivity contribution in [2.45, 2.75) is 38.1 Å². The molecule has 0 aromatic carbocycles. The Hall–Kier alpha value is -1.52. The van der Waals surface area contributed by atoms with Gasteiger partial charge >= 0.3 is 0 Å². The molecule has 2 aromatic heterocycles. The molecule has 0 atom stereocenters. The molecule has 0 bridgehead atoms. The van der Waals surface area contributed by atoms with Gasteiger partial charge in [0.2, 0.25) is 0 Å². The fourth-order valence-electron chi connectivity index (χ4n) is 2.98. The van der Waals surface area contributed by atoms with Gasteiger partial charge in [-0.25, -0.2) is 0 Å². The lowest BCUT2D eigenvalue weighted by molar-refractivity contribution is 0.0946. The zero-order valence-corrected chi connectivity index (χ0v) is 14.5. The SMILES string of the molecule is Cn1c(C(=O)n2ccccc2=NC2CCCCC2)cc(Cl)c1Cl. The molecule has 6 heteroatoms. The van der Waals surface area contributed by atoms with E-state index in [1.807, 2.05) is 18.2 Å². The fraction of sp³-hybridized carbons (Fsp3) is 0.412. The number of rotatable bonds is 2. The van der Waals surface area contributed by atoms with Gasteiger partial charge in [-0.15, -0.1) is 0 Å². The van der Waals surface area contributed by atoms with Gasteiger partial charge in [-0.3, -0.25) is 14.4 Å². The number of pyridine rings is 1. The highest BCUT2D eigenvalue weighted by Crippen LogP contribution is 2.25. The standard InChI is InChI=1S/C17H19Cl2N3O/c1-21-14(11-13(18)16(21)19)17(23)22-10-6-5-9-15(22)20-12-7-3-2-4-8-12/h5-6,9-12H,2-4,7-8H2,1H3. The lowest BCUT2D eigenvalue weighted by atomic mass is 9.96. The van der Waals surface area contributed by atoms with Crippen LogP contribution in [-0.2, 0) is 7.05 Å². The van der Waals surface area contributed by atoms with Crippen molar-refractivity contribution >= 4 is 29.1 Å². The van der Waals surface area contributed by atoms with Crippen LogP contribution in [0.5, 0.6) is 0 Å². The van der Waals surface area contributed by atoms with Crippen molar-refractivity contribution in [3.63, 3.8) is 0 Å². The Morgan fingerprint density at radius 2 is 1.96 bits per heavy atom. The van der Waals surface area contributed by atoms with Crippen molar-refractivity contribution in [1.82, 2.24) is 9.13 Å². The van der Waals surface area contributed by atoms with Gasteiger partial charge in [0.25, 0.3) is 5.91 Å². The van der Waals surface area contributed by atoms with Crippen LogP contribution in [0, 0.1) is 0 Å². The fourth-order valence-corrected chi connectivity index (χ4v) is 3.35. The van der Waals surface area contributed by atoms with Gasteiger partial charge in [-0.2, -0.15) is 0 Å². The van der Waals surface area contributed by atoms with Gasteiger partial charge in [0.05, 0.1) is 11.1 Å². The average molecular weight is 352 g/mol. The Bertz CT molecular complexity index is 785. The van der Waals surface area contributed by atoms with E-state index in [9.17, 15) is 4.79 Å². The highest BCUT2D eigenvalue weighted by atomic mass is 35.5. The van der Waals surface area contributed by atoms with Gasteiger partial charge in [0.1, 0.15) is 16.3 Å². The molecule has 0 N–H and O–H groups in total. The Morgan fingerprint density at radius 1 is 1.22 bits per heavy atom. The number of hydrogen-bond acceptors (Lipinski definition) is 2. The summed E-state index contributed by atoms with van der Waals surface area (Å²) in [4.78, 5) is 17.7. The van der Waals surface area contributed by atoms with Gasteiger partial charge in [0.15, 0.2) is 0 Å². The first-order valence-electron chi connectivity index (χ1n) is 7.85. The molecular formula is C17H19Cl2N3O. The van der Waals surface area contributed by atoms with Crippen LogP contribution in [0.3, 0.4) is 0 Å². The largest absolute Gasteiger partial charge is 0.329 e. The summed E-state index contributed by atoms with van der Waals surface area (Å²) in [5.41, 5.74) is 1.12. The smallest absolute Gasteiger partial charge is 0.280 e. The predicted molar refractivity (Wildman–Crippen MR) is 92.0 cm³/mol. The Labute approximate surface area is 145 Å². The van der Waals surface area contributed by atoms with Crippen molar-refractivity contribution in [3.05, 3.63) is 51.8 Å². The van der Waals surface area contributed by atoms with Crippen molar-refractivity contribution in [2.24, 2.45) is 12.0 Å². The maximum Gasteiger partial charge on any atom is 0.280 e. The Kier molecular flexibility index (Phi) is 4.93. The molecule has 0 saturated heterocycles. The lowest BCUT2D eigenvalue weighted by Crippen LogP contribution is -2.30. The molecule has 0 spiro atoms. The van der Waals surface area contributed by atoms with E-state index in [0.29, 0.717) is 27.4 Å². The molecule has 1 fully saturated rings. The third-order valence-electron chi connectivity index (χ3n) is 4.28. The Morgan fingerprint density at radius 3 is 2.61 bits per heavy atom. The van der Waals surface area contributed by atoms with E-state index in [1.165, 1.54) is 19.3 Å². The van der Waals surface area contributed by atoms with Gasteiger partial charge in [-0.05, 0) is 31.0 Å². The monoisotopic (exact) mass is 351 g/mol. The van der Waals surface area contributed by atoms with E-state index >= 15 is 0 Å². The minimum Gasteiger partial charge on any atom is -0.329 e. The molecule has 0 amide bonds. The minimum atomic E-state index is -0.184.